The van der Waals surface area contributed by atoms with Crippen molar-refractivity contribution < 1.29 is 22.1 Å². The predicted molar refractivity (Wildman–Crippen MR) is 89.8 cm³/mol. The van der Waals surface area contributed by atoms with Crippen LogP contribution in [0.3, 0.4) is 0 Å². The summed E-state index contributed by atoms with van der Waals surface area (Å²) in [6.07, 6.45) is 3.28. The zero-order valence-corrected chi connectivity index (χ0v) is 15.5. The van der Waals surface area contributed by atoms with Crippen molar-refractivity contribution in [3.63, 3.8) is 0 Å². The van der Waals surface area contributed by atoms with E-state index in [0.29, 0.717) is 15.6 Å². The van der Waals surface area contributed by atoms with E-state index in [1.54, 1.807) is 18.2 Å². The highest BCUT2D eigenvalue weighted by atomic mass is 35.5. The maximum atomic E-state index is 11.2. The molecule has 1 aromatic carbocycles. The van der Waals surface area contributed by atoms with Gasteiger partial charge in [0.25, 0.3) is 10.1 Å². The van der Waals surface area contributed by atoms with Gasteiger partial charge >= 0.3 is 0 Å². The topological polar surface area (TPSA) is 92.5 Å². The molecule has 1 saturated heterocycles. The monoisotopic (exact) mass is 407 g/mol. The molecule has 136 valence electrons. The third-order valence-corrected chi connectivity index (χ3v) is 4.62. The van der Waals surface area contributed by atoms with Gasteiger partial charge in [0, 0.05) is 10.6 Å². The normalized spacial score (nSPS) is 23.9. The van der Waals surface area contributed by atoms with Gasteiger partial charge in [0.05, 0.1) is 24.5 Å². The summed E-state index contributed by atoms with van der Waals surface area (Å²) in [6, 6.07) is 4.94. The first-order chi connectivity index (χ1) is 11.8. The van der Waals surface area contributed by atoms with Crippen LogP contribution in [-0.2, 0) is 36.1 Å². The molecular formula is C14H15Cl2N3O5S. The van der Waals surface area contributed by atoms with Gasteiger partial charge in [-0.05, 0) is 12.1 Å². The standard InChI is InChI=1S/C14H15Cl2N3O5S/c1-25(20,21)23-6-11-5-22-14(24-11,7-19-9-17-8-18-19)12-3-2-10(15)4-13(12)16/h2-4,8-9,11H,5-7H2,1H3/t11?,14-/m0/s1. The van der Waals surface area contributed by atoms with E-state index in [1.165, 1.54) is 17.3 Å². The van der Waals surface area contributed by atoms with E-state index in [9.17, 15) is 8.42 Å². The van der Waals surface area contributed by atoms with Gasteiger partial charge in [0.1, 0.15) is 25.3 Å². The maximum absolute atomic E-state index is 11.2. The van der Waals surface area contributed by atoms with Crippen molar-refractivity contribution in [3.8, 4) is 0 Å². The number of hydrogen-bond acceptors (Lipinski definition) is 7. The van der Waals surface area contributed by atoms with Gasteiger partial charge in [0.15, 0.2) is 0 Å². The molecule has 0 aliphatic carbocycles. The van der Waals surface area contributed by atoms with Crippen molar-refractivity contribution in [2.45, 2.75) is 18.4 Å². The van der Waals surface area contributed by atoms with E-state index in [1.807, 2.05) is 0 Å². The van der Waals surface area contributed by atoms with Crippen molar-refractivity contribution in [1.82, 2.24) is 14.8 Å². The number of ether oxygens (including phenoxy) is 2. The molecule has 11 heteroatoms. The van der Waals surface area contributed by atoms with Crippen molar-refractivity contribution in [3.05, 3.63) is 46.5 Å². The largest absolute Gasteiger partial charge is 0.342 e. The van der Waals surface area contributed by atoms with Crippen molar-refractivity contribution >= 4 is 33.3 Å². The van der Waals surface area contributed by atoms with Gasteiger partial charge in [-0.15, -0.1) is 0 Å². The Hall–Kier alpha value is -1.23. The first-order valence-corrected chi connectivity index (χ1v) is 9.79. The van der Waals surface area contributed by atoms with Gasteiger partial charge in [-0.25, -0.2) is 9.67 Å². The number of rotatable bonds is 6. The zero-order valence-electron chi connectivity index (χ0n) is 13.1. The van der Waals surface area contributed by atoms with Crippen LogP contribution in [0, 0.1) is 0 Å². The average Bonchev–Trinajstić information content (AvgIpc) is 3.15. The van der Waals surface area contributed by atoms with Crippen LogP contribution in [0.4, 0.5) is 0 Å². The first kappa shape index (κ1) is 18.6. The molecule has 8 nitrogen and oxygen atoms in total. The quantitative estimate of drug-likeness (QED) is 0.674. The van der Waals surface area contributed by atoms with Crippen molar-refractivity contribution in [1.29, 1.82) is 0 Å². The van der Waals surface area contributed by atoms with E-state index >= 15 is 0 Å². The van der Waals surface area contributed by atoms with Gasteiger partial charge in [-0.3, -0.25) is 4.18 Å². The molecule has 1 aromatic heterocycles. The van der Waals surface area contributed by atoms with E-state index in [2.05, 4.69) is 10.1 Å². The molecule has 1 unspecified atom stereocenters. The molecular weight excluding hydrogens is 393 g/mol. The molecule has 25 heavy (non-hydrogen) atoms. The maximum Gasteiger partial charge on any atom is 0.264 e. The summed E-state index contributed by atoms with van der Waals surface area (Å²) in [4.78, 5) is 3.90. The van der Waals surface area contributed by atoms with Gasteiger partial charge in [-0.2, -0.15) is 13.5 Å². The van der Waals surface area contributed by atoms with Crippen LogP contribution in [0.1, 0.15) is 5.56 Å². The number of hydrogen-bond donors (Lipinski definition) is 0. The SMILES string of the molecule is CS(=O)(=O)OCC1CO[C@](Cn2cncn2)(c2ccc(Cl)cc2Cl)O1. The van der Waals surface area contributed by atoms with Gasteiger partial charge in [0.2, 0.25) is 5.79 Å². The van der Waals surface area contributed by atoms with Gasteiger partial charge < -0.3 is 9.47 Å². The second-order valence-electron chi connectivity index (χ2n) is 5.51. The second-order valence-corrected chi connectivity index (χ2v) is 8.00. The summed E-state index contributed by atoms with van der Waals surface area (Å²) in [7, 11) is -3.58. The lowest BCUT2D eigenvalue weighted by molar-refractivity contribution is -0.190. The Kier molecular flexibility index (Phi) is 5.33. The summed E-state index contributed by atoms with van der Waals surface area (Å²) in [5.41, 5.74) is 0.552. The summed E-state index contributed by atoms with van der Waals surface area (Å²) < 4.78 is 40.6. The molecule has 3 rings (SSSR count). The molecule has 0 bridgehead atoms. The molecule has 0 saturated carbocycles. The Balaban J connectivity index is 1.88. The fraction of sp³-hybridized carbons (Fsp3) is 0.429. The van der Waals surface area contributed by atoms with Crippen LogP contribution in [0.25, 0.3) is 0 Å². The molecule has 1 aliphatic heterocycles. The predicted octanol–water partition coefficient (Wildman–Crippen LogP) is 1.83. The van der Waals surface area contributed by atoms with Crippen LogP contribution in [0.15, 0.2) is 30.9 Å². The van der Waals surface area contributed by atoms with Crippen LogP contribution < -0.4 is 0 Å². The molecule has 0 spiro atoms. The van der Waals surface area contributed by atoms with Crippen LogP contribution in [0.5, 0.6) is 0 Å². The Labute approximate surface area is 154 Å². The van der Waals surface area contributed by atoms with Crippen molar-refractivity contribution in [2.24, 2.45) is 0 Å². The number of halogens is 2. The minimum atomic E-state index is -3.58. The summed E-state index contributed by atoms with van der Waals surface area (Å²) in [5.74, 6) is -1.26. The lowest BCUT2D eigenvalue weighted by Gasteiger charge is -2.29. The van der Waals surface area contributed by atoms with Gasteiger partial charge in [-0.1, -0.05) is 29.3 Å². The summed E-state index contributed by atoms with van der Waals surface area (Å²) in [6.45, 7) is 0.135. The molecule has 0 N–H and O–H groups in total. The van der Waals surface area contributed by atoms with Crippen LogP contribution >= 0.6 is 23.2 Å². The lowest BCUT2D eigenvalue weighted by atomic mass is 10.1. The third kappa shape index (κ3) is 4.49. The van der Waals surface area contributed by atoms with Crippen molar-refractivity contribution in [2.75, 3.05) is 19.5 Å². The highest BCUT2D eigenvalue weighted by Crippen LogP contribution is 2.40. The zero-order chi connectivity index (χ0) is 18.1. The highest BCUT2D eigenvalue weighted by molar-refractivity contribution is 7.85. The fourth-order valence-corrected chi connectivity index (χ4v) is 3.43. The number of aromatic nitrogens is 3. The van der Waals surface area contributed by atoms with E-state index in [4.69, 9.17) is 36.9 Å². The van der Waals surface area contributed by atoms with Crippen LogP contribution in [0.2, 0.25) is 10.0 Å². The number of benzene rings is 1. The second kappa shape index (κ2) is 7.18. The Morgan fingerprint density at radius 2 is 2.24 bits per heavy atom. The number of nitrogens with zero attached hydrogens (tertiary/aromatic N) is 3. The molecule has 0 radical (unpaired) electrons. The van der Waals surface area contributed by atoms with Crippen LogP contribution in [-0.4, -0.2) is 48.8 Å². The molecule has 2 aromatic rings. The third-order valence-electron chi connectivity index (χ3n) is 3.51. The fourth-order valence-electron chi connectivity index (χ4n) is 2.48. The Morgan fingerprint density at radius 1 is 1.44 bits per heavy atom. The molecule has 2 heterocycles. The highest BCUT2D eigenvalue weighted by Gasteiger charge is 2.45. The first-order valence-electron chi connectivity index (χ1n) is 7.21. The minimum absolute atomic E-state index is 0.128. The smallest absolute Gasteiger partial charge is 0.264 e. The van der Waals surface area contributed by atoms with E-state index < -0.39 is 22.0 Å². The Bertz CT molecular complexity index is 846. The minimum Gasteiger partial charge on any atom is -0.342 e. The van der Waals surface area contributed by atoms with E-state index in [-0.39, 0.29) is 19.8 Å². The summed E-state index contributed by atoms with van der Waals surface area (Å²) >= 11 is 12.3. The van der Waals surface area contributed by atoms with E-state index in [0.717, 1.165) is 6.26 Å². The molecule has 1 aliphatic rings. The molecule has 0 amide bonds. The average molecular weight is 408 g/mol. The lowest BCUT2D eigenvalue weighted by Crippen LogP contribution is -2.35. The molecule has 1 fully saturated rings. The Morgan fingerprint density at radius 3 is 2.88 bits per heavy atom. The summed E-state index contributed by atoms with van der Waals surface area (Å²) in [5, 5.41) is 4.89. The molecule has 2 atom stereocenters.